The Balaban J connectivity index is 1.79. The second-order valence-corrected chi connectivity index (χ2v) is 5.51. The number of nitrogens with zero attached hydrogens (tertiary/aromatic N) is 1. The summed E-state index contributed by atoms with van der Waals surface area (Å²) in [6.07, 6.45) is 6.91. The number of likely N-dealkylation sites (tertiary alicyclic amines) is 1. The Morgan fingerprint density at radius 2 is 1.78 bits per heavy atom. The Labute approximate surface area is 110 Å². The Hall–Kier alpha value is -0.610. The minimum atomic E-state index is -0.0498. The number of carbonyl (C=O) groups is 1. The second kappa shape index (κ2) is 7.10. The molecule has 104 valence electrons. The molecule has 2 aliphatic rings. The van der Waals surface area contributed by atoms with E-state index in [0.717, 1.165) is 52.0 Å². The van der Waals surface area contributed by atoms with Gasteiger partial charge in [-0.2, -0.15) is 0 Å². The van der Waals surface area contributed by atoms with Gasteiger partial charge in [-0.1, -0.05) is 12.8 Å². The summed E-state index contributed by atoms with van der Waals surface area (Å²) in [5, 5.41) is 3.47. The van der Waals surface area contributed by atoms with Crippen LogP contribution in [0.5, 0.6) is 0 Å². The van der Waals surface area contributed by atoms with E-state index in [0.29, 0.717) is 6.04 Å². The van der Waals surface area contributed by atoms with E-state index in [1.54, 1.807) is 0 Å². The zero-order valence-electron chi connectivity index (χ0n) is 11.5. The van der Waals surface area contributed by atoms with E-state index in [4.69, 9.17) is 4.74 Å². The Morgan fingerprint density at radius 1 is 1.17 bits per heavy atom. The van der Waals surface area contributed by atoms with Crippen molar-refractivity contribution in [2.45, 2.75) is 57.5 Å². The molecule has 0 aromatic heterocycles. The Kier molecular flexibility index (Phi) is 5.45. The van der Waals surface area contributed by atoms with Gasteiger partial charge in [-0.15, -0.1) is 0 Å². The third-order valence-corrected chi connectivity index (χ3v) is 4.00. The first-order valence-electron chi connectivity index (χ1n) is 7.40. The van der Waals surface area contributed by atoms with Crippen molar-refractivity contribution >= 4 is 5.91 Å². The summed E-state index contributed by atoms with van der Waals surface area (Å²) in [6, 6.07) is 0.399. The lowest BCUT2D eigenvalue weighted by Gasteiger charge is -2.29. The van der Waals surface area contributed by atoms with Crippen LogP contribution in [0.25, 0.3) is 0 Å². The number of hydrogen-bond acceptors (Lipinski definition) is 3. The molecule has 2 fully saturated rings. The van der Waals surface area contributed by atoms with Crippen LogP contribution in [0.2, 0.25) is 0 Å². The molecule has 18 heavy (non-hydrogen) atoms. The van der Waals surface area contributed by atoms with E-state index in [1.165, 1.54) is 12.8 Å². The first kappa shape index (κ1) is 13.8. The number of hydrogen-bond donors (Lipinski definition) is 1. The molecule has 1 atom stereocenters. The SMILES string of the molecule is CC(NC1CCOCC1)C(=O)N1CCCCCC1. The second-order valence-electron chi connectivity index (χ2n) is 5.51. The lowest BCUT2D eigenvalue weighted by Crippen LogP contribution is -2.49. The molecule has 0 saturated carbocycles. The molecule has 2 saturated heterocycles. The first-order valence-corrected chi connectivity index (χ1v) is 7.40. The lowest BCUT2D eigenvalue weighted by atomic mass is 10.1. The zero-order valence-corrected chi connectivity index (χ0v) is 11.5. The fourth-order valence-corrected chi connectivity index (χ4v) is 2.85. The summed E-state index contributed by atoms with van der Waals surface area (Å²) >= 11 is 0. The summed E-state index contributed by atoms with van der Waals surface area (Å²) < 4.78 is 5.34. The molecular formula is C14H26N2O2. The van der Waals surface area contributed by atoms with Gasteiger partial charge in [0, 0.05) is 32.3 Å². The number of ether oxygens (including phenoxy) is 1. The molecule has 0 spiro atoms. The molecule has 2 heterocycles. The molecular weight excluding hydrogens is 228 g/mol. The summed E-state index contributed by atoms with van der Waals surface area (Å²) in [7, 11) is 0. The summed E-state index contributed by atoms with van der Waals surface area (Å²) in [5.41, 5.74) is 0. The van der Waals surface area contributed by atoms with Gasteiger partial charge in [0.1, 0.15) is 0 Å². The maximum atomic E-state index is 12.4. The van der Waals surface area contributed by atoms with Crippen molar-refractivity contribution in [2.75, 3.05) is 26.3 Å². The van der Waals surface area contributed by atoms with E-state index in [9.17, 15) is 4.79 Å². The quantitative estimate of drug-likeness (QED) is 0.831. The monoisotopic (exact) mass is 254 g/mol. The molecule has 2 aliphatic heterocycles. The predicted octanol–water partition coefficient (Wildman–Crippen LogP) is 1.55. The third kappa shape index (κ3) is 3.95. The van der Waals surface area contributed by atoms with Crippen LogP contribution in [0, 0.1) is 0 Å². The van der Waals surface area contributed by atoms with Crippen molar-refractivity contribution in [1.29, 1.82) is 0 Å². The van der Waals surface area contributed by atoms with Gasteiger partial charge in [-0.25, -0.2) is 0 Å². The fraction of sp³-hybridized carbons (Fsp3) is 0.929. The summed E-state index contributed by atoms with van der Waals surface area (Å²) in [4.78, 5) is 14.4. The number of amides is 1. The van der Waals surface area contributed by atoms with Crippen molar-refractivity contribution in [1.82, 2.24) is 10.2 Å². The van der Waals surface area contributed by atoms with E-state index in [-0.39, 0.29) is 11.9 Å². The first-order chi connectivity index (χ1) is 8.77. The molecule has 0 radical (unpaired) electrons. The van der Waals surface area contributed by atoms with Crippen LogP contribution >= 0.6 is 0 Å². The molecule has 0 bridgehead atoms. The molecule has 1 unspecified atom stereocenters. The van der Waals surface area contributed by atoms with Gasteiger partial charge in [-0.3, -0.25) is 4.79 Å². The molecule has 0 aromatic rings. The third-order valence-electron chi connectivity index (χ3n) is 4.00. The highest BCUT2D eigenvalue weighted by Gasteiger charge is 2.24. The maximum Gasteiger partial charge on any atom is 0.239 e. The topological polar surface area (TPSA) is 41.6 Å². The van der Waals surface area contributed by atoms with Gasteiger partial charge in [-0.05, 0) is 32.6 Å². The Bertz CT molecular complexity index is 257. The summed E-state index contributed by atoms with van der Waals surface area (Å²) in [5.74, 6) is 0.281. The van der Waals surface area contributed by atoms with Gasteiger partial charge < -0.3 is 15.0 Å². The van der Waals surface area contributed by atoms with Crippen LogP contribution in [0.1, 0.15) is 45.4 Å². The van der Waals surface area contributed by atoms with E-state index >= 15 is 0 Å². The standard InChI is InChI=1S/C14H26N2O2/c1-12(15-13-6-10-18-11-7-13)14(17)16-8-4-2-3-5-9-16/h12-13,15H,2-11H2,1H3. The normalized spacial score (nSPS) is 24.6. The lowest BCUT2D eigenvalue weighted by molar-refractivity contribution is -0.133. The smallest absolute Gasteiger partial charge is 0.239 e. The van der Waals surface area contributed by atoms with Gasteiger partial charge in [0.25, 0.3) is 0 Å². The number of nitrogens with one attached hydrogen (secondary N) is 1. The molecule has 1 N–H and O–H groups in total. The minimum absolute atomic E-state index is 0.0498. The van der Waals surface area contributed by atoms with Crippen molar-refractivity contribution in [3.63, 3.8) is 0 Å². The van der Waals surface area contributed by atoms with Crippen molar-refractivity contribution in [3.8, 4) is 0 Å². The van der Waals surface area contributed by atoms with Crippen LogP contribution in [0.15, 0.2) is 0 Å². The highest BCUT2D eigenvalue weighted by Crippen LogP contribution is 2.12. The molecule has 2 rings (SSSR count). The predicted molar refractivity (Wildman–Crippen MR) is 71.5 cm³/mol. The van der Waals surface area contributed by atoms with Crippen molar-refractivity contribution in [2.24, 2.45) is 0 Å². The van der Waals surface area contributed by atoms with E-state index in [1.807, 2.05) is 11.8 Å². The minimum Gasteiger partial charge on any atom is -0.381 e. The van der Waals surface area contributed by atoms with Crippen LogP contribution in [-0.4, -0.2) is 49.2 Å². The zero-order chi connectivity index (χ0) is 12.8. The fourth-order valence-electron chi connectivity index (χ4n) is 2.85. The van der Waals surface area contributed by atoms with Crippen LogP contribution in [-0.2, 0) is 9.53 Å². The highest BCUT2D eigenvalue weighted by molar-refractivity contribution is 5.81. The number of rotatable bonds is 3. The van der Waals surface area contributed by atoms with Crippen LogP contribution in [0.4, 0.5) is 0 Å². The van der Waals surface area contributed by atoms with Gasteiger partial charge in [0.15, 0.2) is 0 Å². The van der Waals surface area contributed by atoms with Crippen LogP contribution in [0.3, 0.4) is 0 Å². The number of carbonyl (C=O) groups excluding carboxylic acids is 1. The van der Waals surface area contributed by atoms with E-state index < -0.39 is 0 Å². The van der Waals surface area contributed by atoms with Crippen LogP contribution < -0.4 is 5.32 Å². The average Bonchev–Trinajstić information content (AvgIpc) is 2.68. The summed E-state index contributed by atoms with van der Waals surface area (Å²) in [6.45, 7) is 5.53. The van der Waals surface area contributed by atoms with E-state index in [2.05, 4.69) is 5.32 Å². The maximum absolute atomic E-state index is 12.4. The van der Waals surface area contributed by atoms with Gasteiger partial charge in [0.05, 0.1) is 6.04 Å². The van der Waals surface area contributed by atoms with Crippen molar-refractivity contribution in [3.05, 3.63) is 0 Å². The van der Waals surface area contributed by atoms with Gasteiger partial charge in [0.2, 0.25) is 5.91 Å². The average molecular weight is 254 g/mol. The largest absolute Gasteiger partial charge is 0.381 e. The molecule has 4 nitrogen and oxygen atoms in total. The molecule has 1 amide bonds. The highest BCUT2D eigenvalue weighted by atomic mass is 16.5. The Morgan fingerprint density at radius 3 is 2.39 bits per heavy atom. The van der Waals surface area contributed by atoms with Gasteiger partial charge >= 0.3 is 0 Å². The molecule has 0 aromatic carbocycles. The molecule has 4 heteroatoms. The molecule has 0 aliphatic carbocycles. The van der Waals surface area contributed by atoms with Crippen molar-refractivity contribution < 1.29 is 9.53 Å².